The highest BCUT2D eigenvalue weighted by molar-refractivity contribution is 6.35. The standard InChI is InChI=1S/C18H18Cl3N3O/c19-13-7-6-12(14(20)9-13)3-1-5-16(25)15-4-2-8-24(15)18-10-17(21)22-11-23-18/h6-7,9-11,15H,1-5,8H2/t15-/m0/s1. The van der Waals surface area contributed by atoms with E-state index in [1.165, 1.54) is 6.33 Å². The second-order valence-electron chi connectivity index (χ2n) is 6.11. The molecule has 132 valence electrons. The van der Waals surface area contributed by atoms with Crippen molar-refractivity contribution in [3.63, 3.8) is 0 Å². The largest absolute Gasteiger partial charge is 0.346 e. The van der Waals surface area contributed by atoms with Crippen LogP contribution in [-0.2, 0) is 11.2 Å². The number of carbonyl (C=O) groups is 1. The molecule has 1 saturated heterocycles. The molecule has 2 aromatic rings. The van der Waals surface area contributed by atoms with Crippen molar-refractivity contribution in [1.82, 2.24) is 9.97 Å². The molecule has 0 unspecified atom stereocenters. The highest BCUT2D eigenvalue weighted by Gasteiger charge is 2.31. The first-order chi connectivity index (χ1) is 12.0. The molecule has 0 N–H and O–H groups in total. The van der Waals surface area contributed by atoms with Gasteiger partial charge in [0.05, 0.1) is 6.04 Å². The van der Waals surface area contributed by atoms with Gasteiger partial charge in [0.25, 0.3) is 0 Å². The molecule has 1 aliphatic rings. The van der Waals surface area contributed by atoms with Crippen LogP contribution in [-0.4, -0.2) is 28.3 Å². The van der Waals surface area contributed by atoms with Gasteiger partial charge in [0.2, 0.25) is 0 Å². The molecule has 0 aliphatic carbocycles. The zero-order chi connectivity index (χ0) is 17.8. The number of carbonyl (C=O) groups excluding carboxylic acids is 1. The van der Waals surface area contributed by atoms with Crippen molar-refractivity contribution in [3.8, 4) is 0 Å². The molecule has 2 heterocycles. The Labute approximate surface area is 162 Å². The van der Waals surface area contributed by atoms with Crippen molar-refractivity contribution in [2.75, 3.05) is 11.4 Å². The number of hydrogen-bond acceptors (Lipinski definition) is 4. The van der Waals surface area contributed by atoms with Gasteiger partial charge < -0.3 is 4.90 Å². The topological polar surface area (TPSA) is 46.1 Å². The van der Waals surface area contributed by atoms with Crippen molar-refractivity contribution in [1.29, 1.82) is 0 Å². The molecule has 4 nitrogen and oxygen atoms in total. The SMILES string of the molecule is O=C(CCCc1ccc(Cl)cc1Cl)[C@@H]1CCCN1c1cc(Cl)ncn1. The second-order valence-corrected chi connectivity index (χ2v) is 7.34. The number of halogens is 3. The van der Waals surface area contributed by atoms with Gasteiger partial charge in [-0.1, -0.05) is 40.9 Å². The Morgan fingerprint density at radius 1 is 1.20 bits per heavy atom. The normalized spacial score (nSPS) is 17.1. The summed E-state index contributed by atoms with van der Waals surface area (Å²) in [5, 5.41) is 1.66. The van der Waals surface area contributed by atoms with E-state index in [-0.39, 0.29) is 11.8 Å². The van der Waals surface area contributed by atoms with Gasteiger partial charge in [0.1, 0.15) is 17.3 Å². The van der Waals surface area contributed by atoms with Crippen LogP contribution in [0.4, 0.5) is 5.82 Å². The lowest BCUT2D eigenvalue weighted by Gasteiger charge is -2.24. The number of aryl methyl sites for hydroxylation is 1. The molecule has 1 aromatic carbocycles. The van der Waals surface area contributed by atoms with E-state index in [2.05, 4.69) is 9.97 Å². The van der Waals surface area contributed by atoms with Crippen LogP contribution in [0.2, 0.25) is 15.2 Å². The number of hydrogen-bond donors (Lipinski definition) is 0. The van der Waals surface area contributed by atoms with E-state index in [0.29, 0.717) is 21.6 Å². The van der Waals surface area contributed by atoms with Gasteiger partial charge in [0.15, 0.2) is 5.78 Å². The number of aromatic nitrogens is 2. The van der Waals surface area contributed by atoms with Crippen LogP contribution in [0.1, 0.15) is 31.2 Å². The molecule has 0 bridgehead atoms. The average molecular weight is 399 g/mol. The highest BCUT2D eigenvalue weighted by Crippen LogP contribution is 2.27. The summed E-state index contributed by atoms with van der Waals surface area (Å²) in [6, 6.07) is 7.05. The van der Waals surface area contributed by atoms with E-state index in [9.17, 15) is 4.79 Å². The summed E-state index contributed by atoms with van der Waals surface area (Å²) >= 11 is 18.0. The lowest BCUT2D eigenvalue weighted by molar-refractivity contribution is -0.120. The van der Waals surface area contributed by atoms with Crippen molar-refractivity contribution < 1.29 is 4.79 Å². The van der Waals surface area contributed by atoms with Crippen LogP contribution >= 0.6 is 34.8 Å². The minimum atomic E-state index is -0.133. The van der Waals surface area contributed by atoms with E-state index >= 15 is 0 Å². The summed E-state index contributed by atoms with van der Waals surface area (Å²) < 4.78 is 0. The summed E-state index contributed by atoms with van der Waals surface area (Å²) in [4.78, 5) is 22.9. The van der Waals surface area contributed by atoms with Gasteiger partial charge in [-0.2, -0.15) is 0 Å². The summed E-state index contributed by atoms with van der Waals surface area (Å²) in [6.45, 7) is 0.812. The van der Waals surface area contributed by atoms with Crippen molar-refractivity contribution in [2.24, 2.45) is 0 Å². The van der Waals surface area contributed by atoms with Gasteiger partial charge >= 0.3 is 0 Å². The van der Waals surface area contributed by atoms with E-state index in [1.807, 2.05) is 17.0 Å². The van der Waals surface area contributed by atoms with E-state index < -0.39 is 0 Å². The highest BCUT2D eigenvalue weighted by atomic mass is 35.5. The maximum Gasteiger partial charge on any atom is 0.155 e. The van der Waals surface area contributed by atoms with Crippen LogP contribution in [0.3, 0.4) is 0 Å². The quantitative estimate of drug-likeness (QED) is 0.643. The number of benzene rings is 1. The third-order valence-corrected chi connectivity index (χ3v) is 5.22. The summed E-state index contributed by atoms with van der Waals surface area (Å²) in [5.41, 5.74) is 1.02. The van der Waals surface area contributed by atoms with Gasteiger partial charge in [0, 0.05) is 29.1 Å². The number of nitrogens with zero attached hydrogens (tertiary/aromatic N) is 3. The Hall–Kier alpha value is -1.36. The second kappa shape index (κ2) is 8.35. The first-order valence-electron chi connectivity index (χ1n) is 8.25. The van der Waals surface area contributed by atoms with Crippen LogP contribution < -0.4 is 4.90 Å². The average Bonchev–Trinajstić information content (AvgIpc) is 3.06. The Bertz CT molecular complexity index is 769. The van der Waals surface area contributed by atoms with Crippen molar-refractivity contribution >= 4 is 46.4 Å². The smallest absolute Gasteiger partial charge is 0.155 e. The zero-order valence-corrected chi connectivity index (χ0v) is 15.9. The minimum absolute atomic E-state index is 0.133. The van der Waals surface area contributed by atoms with E-state index in [0.717, 1.165) is 43.6 Å². The van der Waals surface area contributed by atoms with Gasteiger partial charge in [-0.15, -0.1) is 0 Å². The molecule has 1 aliphatic heterocycles. The number of ketones is 1. The summed E-state index contributed by atoms with van der Waals surface area (Å²) in [5.74, 6) is 0.953. The molecule has 0 radical (unpaired) electrons. The summed E-state index contributed by atoms with van der Waals surface area (Å²) in [7, 11) is 0. The van der Waals surface area contributed by atoms with Gasteiger partial charge in [-0.05, 0) is 43.4 Å². The van der Waals surface area contributed by atoms with Crippen molar-refractivity contribution in [2.45, 2.75) is 38.1 Å². The zero-order valence-electron chi connectivity index (χ0n) is 13.6. The molecule has 0 saturated carbocycles. The molecule has 1 fully saturated rings. The Balaban J connectivity index is 1.58. The molecule has 3 rings (SSSR count). The van der Waals surface area contributed by atoms with E-state index in [4.69, 9.17) is 34.8 Å². The molecule has 0 amide bonds. The molecule has 1 aromatic heterocycles. The molecular weight excluding hydrogens is 381 g/mol. The van der Waals surface area contributed by atoms with Crippen LogP contribution in [0.25, 0.3) is 0 Å². The predicted octanol–water partition coefficient (Wildman–Crippen LogP) is 5.00. The maximum atomic E-state index is 12.7. The molecule has 7 heteroatoms. The van der Waals surface area contributed by atoms with Crippen LogP contribution in [0.5, 0.6) is 0 Å². The van der Waals surface area contributed by atoms with Crippen molar-refractivity contribution in [3.05, 3.63) is 51.4 Å². The molecule has 1 atom stereocenters. The molecule has 25 heavy (non-hydrogen) atoms. The number of rotatable bonds is 6. The molecule has 0 spiro atoms. The lowest BCUT2D eigenvalue weighted by atomic mass is 10.0. The van der Waals surface area contributed by atoms with E-state index in [1.54, 1.807) is 12.1 Å². The third kappa shape index (κ3) is 4.63. The molecular formula is C18H18Cl3N3O. The van der Waals surface area contributed by atoms with Crippen LogP contribution in [0, 0.1) is 0 Å². The summed E-state index contributed by atoms with van der Waals surface area (Å²) in [6.07, 6.45) is 5.28. The Morgan fingerprint density at radius 3 is 2.80 bits per heavy atom. The maximum absolute atomic E-state index is 12.7. The van der Waals surface area contributed by atoms with Crippen LogP contribution in [0.15, 0.2) is 30.6 Å². The fraction of sp³-hybridized carbons (Fsp3) is 0.389. The van der Waals surface area contributed by atoms with Gasteiger partial charge in [-0.25, -0.2) is 9.97 Å². The minimum Gasteiger partial charge on any atom is -0.346 e. The fourth-order valence-electron chi connectivity index (χ4n) is 3.20. The lowest BCUT2D eigenvalue weighted by Crippen LogP contribution is -2.36. The number of anilines is 1. The first-order valence-corrected chi connectivity index (χ1v) is 9.39. The monoisotopic (exact) mass is 397 g/mol. The predicted molar refractivity (Wildman–Crippen MR) is 102 cm³/mol. The third-order valence-electron chi connectivity index (χ3n) is 4.42. The number of Topliss-reactive ketones (excluding diaryl/α,β-unsaturated/α-hetero) is 1. The fourth-order valence-corrected chi connectivity index (χ4v) is 3.85. The Morgan fingerprint density at radius 2 is 2.04 bits per heavy atom. The van der Waals surface area contributed by atoms with Gasteiger partial charge in [-0.3, -0.25) is 4.79 Å². The first kappa shape index (κ1) is 18.4. The Kier molecular flexibility index (Phi) is 6.15.